The summed E-state index contributed by atoms with van der Waals surface area (Å²) in [5.41, 5.74) is 0.226. The number of carbonyl (C=O) groups is 1. The third-order valence-electron chi connectivity index (χ3n) is 2.46. The van der Waals surface area contributed by atoms with Crippen molar-refractivity contribution in [2.24, 2.45) is 0 Å². The van der Waals surface area contributed by atoms with Crippen LogP contribution in [0.5, 0.6) is 0 Å². The summed E-state index contributed by atoms with van der Waals surface area (Å²) in [5.74, 6) is -0.133. The van der Waals surface area contributed by atoms with Crippen LogP contribution in [0.2, 0.25) is 0 Å². The normalized spacial score (nSPS) is 10.8. The second-order valence-corrected chi connectivity index (χ2v) is 4.51. The number of rotatable bonds is 7. The fourth-order valence-corrected chi connectivity index (χ4v) is 2.36. The lowest BCUT2D eigenvalue weighted by Gasteiger charge is -2.17. The van der Waals surface area contributed by atoms with Crippen molar-refractivity contribution in [3.8, 4) is 0 Å². The van der Waals surface area contributed by atoms with Gasteiger partial charge < -0.3 is 10.0 Å². The van der Waals surface area contributed by atoms with Gasteiger partial charge in [-0.3, -0.25) is 0 Å². The van der Waals surface area contributed by atoms with Gasteiger partial charge in [0.2, 0.25) is 0 Å². The van der Waals surface area contributed by atoms with Crippen molar-refractivity contribution >= 4 is 17.7 Å². The third kappa shape index (κ3) is 4.32. The molecule has 0 saturated heterocycles. The van der Waals surface area contributed by atoms with Gasteiger partial charge in [-0.15, -0.1) is 16.9 Å². The summed E-state index contributed by atoms with van der Waals surface area (Å²) >= 11 is 1.44. The maximum Gasteiger partial charge on any atom is 0.338 e. The molecule has 0 amide bonds. The Morgan fingerprint density at radius 2 is 2.18 bits per heavy atom. The highest BCUT2D eigenvalue weighted by Gasteiger charge is 2.11. The first-order valence-electron chi connectivity index (χ1n) is 5.59. The van der Waals surface area contributed by atoms with Crippen LogP contribution in [0.15, 0.2) is 17.3 Å². The van der Waals surface area contributed by atoms with E-state index in [1.807, 2.05) is 0 Å². The van der Waals surface area contributed by atoms with Gasteiger partial charge in [-0.1, -0.05) is 13.8 Å². The zero-order valence-electron chi connectivity index (χ0n) is 10.1. The lowest BCUT2D eigenvalue weighted by atomic mass is 10.3. The number of hydrogen-bond acceptors (Lipinski definition) is 5. The largest absolute Gasteiger partial charge is 0.478 e. The molecule has 0 aliphatic rings. The van der Waals surface area contributed by atoms with Crippen LogP contribution in [-0.4, -0.2) is 51.6 Å². The highest BCUT2D eigenvalue weighted by atomic mass is 32.2. The van der Waals surface area contributed by atoms with E-state index >= 15 is 0 Å². The summed E-state index contributed by atoms with van der Waals surface area (Å²) in [4.78, 5) is 13.2. The molecule has 0 aromatic carbocycles. The number of carboxylic acid groups (broad SMARTS) is 1. The van der Waals surface area contributed by atoms with Gasteiger partial charge in [-0.2, -0.15) is 5.10 Å². The van der Waals surface area contributed by atoms with Gasteiger partial charge in [0.25, 0.3) is 0 Å². The molecular weight excluding hydrogens is 238 g/mol. The monoisotopic (exact) mass is 255 g/mol. The number of hydrogen-bond donors (Lipinski definition) is 1. The zero-order chi connectivity index (χ0) is 12.7. The summed E-state index contributed by atoms with van der Waals surface area (Å²) in [6.07, 6.45) is 1.40. The zero-order valence-corrected chi connectivity index (χ0v) is 10.9. The average Bonchev–Trinajstić information content (AvgIpc) is 2.35. The number of aromatic carboxylic acids is 1. The second-order valence-electron chi connectivity index (χ2n) is 3.43. The minimum absolute atomic E-state index is 0.226. The Balaban J connectivity index is 2.54. The van der Waals surface area contributed by atoms with Crippen LogP contribution >= 0.6 is 11.8 Å². The molecule has 1 aromatic rings. The highest BCUT2D eigenvalue weighted by molar-refractivity contribution is 7.99. The molecule has 94 valence electrons. The Morgan fingerprint density at radius 3 is 2.76 bits per heavy atom. The standard InChI is InChI=1S/C11H17N3O2S/c1-3-14(4-2)7-8-17-10-9(11(15)16)5-6-12-13-10/h5-6H,3-4,7-8H2,1-2H3,(H,15,16). The van der Waals surface area contributed by atoms with Gasteiger partial charge in [0.1, 0.15) is 5.03 Å². The quantitative estimate of drug-likeness (QED) is 0.747. The molecule has 0 atom stereocenters. The van der Waals surface area contributed by atoms with Crippen molar-refractivity contribution in [2.75, 3.05) is 25.4 Å². The van der Waals surface area contributed by atoms with Gasteiger partial charge in [0, 0.05) is 12.3 Å². The molecule has 17 heavy (non-hydrogen) atoms. The first kappa shape index (κ1) is 13.9. The Hall–Kier alpha value is -1.14. The molecule has 0 saturated carbocycles. The Labute approximate surface area is 105 Å². The molecule has 0 spiro atoms. The summed E-state index contributed by atoms with van der Waals surface area (Å²) in [5, 5.41) is 17.0. The summed E-state index contributed by atoms with van der Waals surface area (Å²) in [7, 11) is 0. The molecule has 0 aliphatic carbocycles. The molecule has 0 bridgehead atoms. The minimum Gasteiger partial charge on any atom is -0.478 e. The van der Waals surface area contributed by atoms with Crippen LogP contribution in [0, 0.1) is 0 Å². The first-order chi connectivity index (χ1) is 8.19. The summed E-state index contributed by atoms with van der Waals surface area (Å²) < 4.78 is 0. The van der Waals surface area contributed by atoms with Crippen molar-refractivity contribution in [3.63, 3.8) is 0 Å². The van der Waals surface area contributed by atoms with Crippen LogP contribution in [0.1, 0.15) is 24.2 Å². The van der Waals surface area contributed by atoms with Crippen molar-refractivity contribution in [1.82, 2.24) is 15.1 Å². The van der Waals surface area contributed by atoms with Crippen molar-refractivity contribution < 1.29 is 9.90 Å². The van der Waals surface area contributed by atoms with Gasteiger partial charge in [-0.25, -0.2) is 4.79 Å². The lowest BCUT2D eigenvalue weighted by molar-refractivity contribution is 0.0692. The smallest absolute Gasteiger partial charge is 0.338 e. The molecule has 1 rings (SSSR count). The molecule has 1 N–H and O–H groups in total. The molecule has 0 aliphatic heterocycles. The van der Waals surface area contributed by atoms with Gasteiger partial charge in [0.15, 0.2) is 0 Å². The van der Waals surface area contributed by atoms with Crippen LogP contribution in [0.4, 0.5) is 0 Å². The van der Waals surface area contributed by atoms with E-state index in [0.717, 1.165) is 25.4 Å². The van der Waals surface area contributed by atoms with Crippen LogP contribution in [0.25, 0.3) is 0 Å². The van der Waals surface area contributed by atoms with E-state index in [1.54, 1.807) is 0 Å². The van der Waals surface area contributed by atoms with Crippen molar-refractivity contribution in [2.45, 2.75) is 18.9 Å². The molecule has 5 nitrogen and oxygen atoms in total. The Bertz CT molecular complexity index is 369. The van der Waals surface area contributed by atoms with E-state index in [9.17, 15) is 4.79 Å². The minimum atomic E-state index is -0.953. The molecule has 1 heterocycles. The van der Waals surface area contributed by atoms with Crippen LogP contribution in [-0.2, 0) is 0 Å². The van der Waals surface area contributed by atoms with E-state index in [1.165, 1.54) is 24.0 Å². The van der Waals surface area contributed by atoms with Gasteiger partial charge >= 0.3 is 5.97 Å². The molecule has 0 unspecified atom stereocenters. The van der Waals surface area contributed by atoms with Crippen LogP contribution < -0.4 is 0 Å². The fourth-order valence-electron chi connectivity index (χ4n) is 1.40. The van der Waals surface area contributed by atoms with Gasteiger partial charge in [-0.05, 0) is 19.2 Å². The van der Waals surface area contributed by atoms with E-state index in [0.29, 0.717) is 5.03 Å². The molecule has 0 fully saturated rings. The maximum absolute atomic E-state index is 10.9. The van der Waals surface area contributed by atoms with E-state index in [4.69, 9.17) is 5.11 Å². The van der Waals surface area contributed by atoms with Crippen molar-refractivity contribution in [1.29, 1.82) is 0 Å². The van der Waals surface area contributed by atoms with E-state index < -0.39 is 5.97 Å². The lowest BCUT2D eigenvalue weighted by Crippen LogP contribution is -2.25. The average molecular weight is 255 g/mol. The van der Waals surface area contributed by atoms with Crippen LogP contribution in [0.3, 0.4) is 0 Å². The van der Waals surface area contributed by atoms with Crippen molar-refractivity contribution in [3.05, 3.63) is 17.8 Å². The predicted molar refractivity (Wildman–Crippen MR) is 67.5 cm³/mol. The van der Waals surface area contributed by atoms with E-state index in [-0.39, 0.29) is 5.56 Å². The summed E-state index contributed by atoms with van der Waals surface area (Å²) in [6, 6.07) is 1.48. The Kier molecular flexibility index (Phi) is 5.93. The summed E-state index contributed by atoms with van der Waals surface area (Å²) in [6.45, 7) is 7.15. The number of carboxylic acids is 1. The molecule has 6 heteroatoms. The molecule has 1 aromatic heterocycles. The Morgan fingerprint density at radius 1 is 1.47 bits per heavy atom. The SMILES string of the molecule is CCN(CC)CCSc1nnccc1C(=O)O. The second kappa shape index (κ2) is 7.24. The molecular formula is C11H17N3O2S. The highest BCUT2D eigenvalue weighted by Crippen LogP contribution is 2.19. The van der Waals surface area contributed by atoms with Gasteiger partial charge in [0.05, 0.1) is 11.8 Å². The fraction of sp³-hybridized carbons (Fsp3) is 0.545. The third-order valence-corrected chi connectivity index (χ3v) is 3.42. The number of thioether (sulfide) groups is 1. The maximum atomic E-state index is 10.9. The number of nitrogens with zero attached hydrogens (tertiary/aromatic N) is 3. The number of aromatic nitrogens is 2. The molecule has 0 radical (unpaired) electrons. The van der Waals surface area contributed by atoms with E-state index in [2.05, 4.69) is 28.9 Å². The predicted octanol–water partition coefficient (Wildman–Crippen LogP) is 1.61. The topological polar surface area (TPSA) is 66.3 Å². The first-order valence-corrected chi connectivity index (χ1v) is 6.57.